The minimum Gasteiger partial charge on any atom is -0.354 e. The van der Waals surface area contributed by atoms with Crippen molar-refractivity contribution in [3.63, 3.8) is 0 Å². The summed E-state index contributed by atoms with van der Waals surface area (Å²) in [5.74, 6) is 1.06. The van der Waals surface area contributed by atoms with Gasteiger partial charge in [-0.25, -0.2) is 4.98 Å². The van der Waals surface area contributed by atoms with E-state index in [-0.39, 0.29) is 5.91 Å². The van der Waals surface area contributed by atoms with Crippen LogP contribution >= 0.6 is 0 Å². The zero-order valence-electron chi connectivity index (χ0n) is 14.1. The van der Waals surface area contributed by atoms with Crippen LogP contribution in [0.4, 0.5) is 11.5 Å². The van der Waals surface area contributed by atoms with Gasteiger partial charge in [0.25, 0.3) is 0 Å². The number of amides is 1. The summed E-state index contributed by atoms with van der Waals surface area (Å²) in [5.41, 5.74) is 0.853. The Hall–Kier alpha value is -1.62. The number of carbonyl (C=O) groups excluding carboxylic acids is 1. The second kappa shape index (κ2) is 7.77. The first kappa shape index (κ1) is 16.2. The second-order valence-electron chi connectivity index (χ2n) is 6.66. The molecule has 23 heavy (non-hydrogen) atoms. The van der Waals surface area contributed by atoms with E-state index in [1.165, 1.54) is 25.7 Å². The van der Waals surface area contributed by atoms with Crippen LogP contribution in [-0.4, -0.2) is 48.0 Å². The molecule has 1 N–H and O–H groups in total. The predicted molar refractivity (Wildman–Crippen MR) is 93.8 cm³/mol. The Balaban J connectivity index is 1.56. The zero-order valence-corrected chi connectivity index (χ0v) is 14.1. The van der Waals surface area contributed by atoms with E-state index in [1.807, 2.05) is 19.1 Å². The van der Waals surface area contributed by atoms with Gasteiger partial charge in [-0.2, -0.15) is 0 Å². The van der Waals surface area contributed by atoms with E-state index in [2.05, 4.69) is 20.1 Å². The molecular formula is C18H28N4O. The fourth-order valence-corrected chi connectivity index (χ4v) is 3.71. The van der Waals surface area contributed by atoms with Gasteiger partial charge < -0.3 is 10.2 Å². The van der Waals surface area contributed by atoms with E-state index < -0.39 is 0 Å². The van der Waals surface area contributed by atoms with Crippen molar-refractivity contribution in [1.29, 1.82) is 0 Å². The summed E-state index contributed by atoms with van der Waals surface area (Å²) in [6.45, 7) is 6.31. The number of rotatable bonds is 5. The molecule has 0 atom stereocenters. The van der Waals surface area contributed by atoms with Gasteiger partial charge in [0.2, 0.25) is 5.91 Å². The van der Waals surface area contributed by atoms with Gasteiger partial charge in [0.05, 0.1) is 0 Å². The number of carbonyl (C=O) groups is 1. The molecule has 126 valence electrons. The normalized spacial score (nSPS) is 20.0. The van der Waals surface area contributed by atoms with Crippen LogP contribution in [0.3, 0.4) is 0 Å². The molecule has 1 aliphatic carbocycles. The number of nitrogens with one attached hydrogen (secondary N) is 1. The summed E-state index contributed by atoms with van der Waals surface area (Å²) in [4.78, 5) is 21.2. The monoisotopic (exact) mass is 316 g/mol. The van der Waals surface area contributed by atoms with Crippen LogP contribution < -0.4 is 10.2 Å². The lowest BCUT2D eigenvalue weighted by Gasteiger charge is -2.38. The molecule has 1 aliphatic heterocycles. The van der Waals surface area contributed by atoms with Crippen molar-refractivity contribution in [3.05, 3.63) is 18.3 Å². The molecule has 5 nitrogen and oxygen atoms in total. The molecule has 2 aliphatic rings. The Kier molecular flexibility index (Phi) is 5.49. The summed E-state index contributed by atoms with van der Waals surface area (Å²) >= 11 is 0. The number of piperazine rings is 1. The molecule has 1 aromatic heterocycles. The van der Waals surface area contributed by atoms with Crippen molar-refractivity contribution < 1.29 is 4.79 Å². The van der Waals surface area contributed by atoms with Gasteiger partial charge in [-0.1, -0.05) is 19.8 Å². The van der Waals surface area contributed by atoms with Crippen LogP contribution in [0.1, 0.15) is 45.4 Å². The number of pyridine rings is 1. The van der Waals surface area contributed by atoms with E-state index in [0.29, 0.717) is 6.42 Å². The van der Waals surface area contributed by atoms with Crippen LogP contribution in [0.15, 0.2) is 18.3 Å². The molecule has 1 saturated heterocycles. The van der Waals surface area contributed by atoms with Gasteiger partial charge in [0.15, 0.2) is 0 Å². The summed E-state index contributed by atoms with van der Waals surface area (Å²) in [6, 6.07) is 4.68. The lowest BCUT2D eigenvalue weighted by Crippen LogP contribution is -2.50. The first-order valence-corrected chi connectivity index (χ1v) is 9.01. The molecule has 2 heterocycles. The van der Waals surface area contributed by atoms with Crippen molar-refractivity contribution in [3.8, 4) is 0 Å². The van der Waals surface area contributed by atoms with Crippen LogP contribution in [-0.2, 0) is 4.79 Å². The Morgan fingerprint density at radius 3 is 2.70 bits per heavy atom. The Morgan fingerprint density at radius 1 is 1.26 bits per heavy atom. The van der Waals surface area contributed by atoms with Crippen molar-refractivity contribution >= 4 is 17.4 Å². The highest BCUT2D eigenvalue weighted by Crippen LogP contribution is 2.25. The summed E-state index contributed by atoms with van der Waals surface area (Å²) in [6.07, 6.45) is 8.76. The van der Waals surface area contributed by atoms with Crippen LogP contribution in [0, 0.1) is 0 Å². The number of anilines is 2. The summed E-state index contributed by atoms with van der Waals surface area (Å²) in [5, 5.41) is 2.96. The third-order valence-corrected chi connectivity index (χ3v) is 4.99. The van der Waals surface area contributed by atoms with E-state index in [1.54, 1.807) is 6.20 Å². The maximum absolute atomic E-state index is 11.7. The van der Waals surface area contributed by atoms with Crippen LogP contribution in [0.5, 0.6) is 0 Å². The van der Waals surface area contributed by atoms with Gasteiger partial charge in [-0.05, 0) is 25.3 Å². The Morgan fingerprint density at radius 2 is 2.00 bits per heavy atom. The average Bonchev–Trinajstić information content (AvgIpc) is 3.10. The predicted octanol–water partition coefficient (Wildman–Crippen LogP) is 2.88. The Labute approximate surface area is 139 Å². The number of aromatic nitrogens is 1. The van der Waals surface area contributed by atoms with E-state index in [4.69, 9.17) is 0 Å². The average molecular weight is 316 g/mol. The molecule has 1 amide bonds. The van der Waals surface area contributed by atoms with E-state index >= 15 is 0 Å². The molecule has 0 unspecified atom stereocenters. The first-order chi connectivity index (χ1) is 11.3. The highest BCUT2D eigenvalue weighted by Gasteiger charge is 2.26. The fraction of sp³-hybridized carbons (Fsp3) is 0.667. The molecule has 1 saturated carbocycles. The summed E-state index contributed by atoms with van der Waals surface area (Å²) < 4.78 is 0. The van der Waals surface area contributed by atoms with Gasteiger partial charge >= 0.3 is 0 Å². The minimum absolute atomic E-state index is 0.0794. The highest BCUT2D eigenvalue weighted by atomic mass is 16.1. The van der Waals surface area contributed by atoms with Crippen molar-refractivity contribution in [1.82, 2.24) is 9.88 Å². The van der Waals surface area contributed by atoms with Crippen molar-refractivity contribution in [2.24, 2.45) is 0 Å². The topological polar surface area (TPSA) is 48.5 Å². The fourth-order valence-electron chi connectivity index (χ4n) is 3.71. The minimum atomic E-state index is 0.0794. The van der Waals surface area contributed by atoms with Gasteiger partial charge in [0, 0.05) is 56.6 Å². The molecule has 5 heteroatoms. The van der Waals surface area contributed by atoms with E-state index in [0.717, 1.165) is 50.1 Å². The van der Waals surface area contributed by atoms with Gasteiger partial charge in [-0.3, -0.25) is 9.69 Å². The van der Waals surface area contributed by atoms with Crippen LogP contribution in [0.2, 0.25) is 0 Å². The van der Waals surface area contributed by atoms with Crippen LogP contribution in [0.25, 0.3) is 0 Å². The lowest BCUT2D eigenvalue weighted by atomic mass is 10.2. The quantitative estimate of drug-likeness (QED) is 0.907. The van der Waals surface area contributed by atoms with E-state index in [9.17, 15) is 4.79 Å². The third kappa shape index (κ3) is 4.22. The molecule has 0 aromatic carbocycles. The highest BCUT2D eigenvalue weighted by molar-refractivity contribution is 5.90. The smallest absolute Gasteiger partial charge is 0.224 e. The first-order valence-electron chi connectivity index (χ1n) is 9.01. The Bertz CT molecular complexity index is 520. The molecule has 3 rings (SSSR count). The largest absolute Gasteiger partial charge is 0.354 e. The molecule has 0 radical (unpaired) electrons. The molecule has 2 fully saturated rings. The molecule has 0 spiro atoms. The number of nitrogens with zero attached hydrogens (tertiary/aromatic N) is 3. The molecule has 0 bridgehead atoms. The number of hydrogen-bond donors (Lipinski definition) is 1. The maximum atomic E-state index is 11.7. The zero-order chi connectivity index (χ0) is 16.1. The number of hydrogen-bond acceptors (Lipinski definition) is 4. The standard InChI is InChI=1S/C18H28N4O/c1-2-5-18(23)20-15-8-9-19-17(14-15)22-12-10-21(11-13-22)16-6-3-4-7-16/h8-9,14,16H,2-7,10-13H2,1H3,(H,19,20,23). The lowest BCUT2D eigenvalue weighted by molar-refractivity contribution is -0.116. The van der Waals surface area contributed by atoms with Crippen molar-refractivity contribution in [2.45, 2.75) is 51.5 Å². The van der Waals surface area contributed by atoms with Crippen molar-refractivity contribution in [2.75, 3.05) is 36.4 Å². The SMILES string of the molecule is CCCC(=O)Nc1ccnc(N2CCN(C3CCCC3)CC2)c1. The van der Waals surface area contributed by atoms with Gasteiger partial charge in [-0.15, -0.1) is 0 Å². The van der Waals surface area contributed by atoms with Gasteiger partial charge in [0.1, 0.15) is 5.82 Å². The molecular weight excluding hydrogens is 288 g/mol. The maximum Gasteiger partial charge on any atom is 0.224 e. The summed E-state index contributed by atoms with van der Waals surface area (Å²) in [7, 11) is 0. The molecule has 1 aromatic rings. The second-order valence-corrected chi connectivity index (χ2v) is 6.66. The third-order valence-electron chi connectivity index (χ3n) is 4.99.